The Kier molecular flexibility index (Phi) is 24.8. The summed E-state index contributed by atoms with van der Waals surface area (Å²) in [5.41, 5.74) is 5.46. The number of amides is 1. The number of benzene rings is 4. The highest BCUT2D eigenvalue weighted by Crippen LogP contribution is 2.25. The highest BCUT2D eigenvalue weighted by Gasteiger charge is 2.11. The number of nitrogens with two attached hydrogens (primary N) is 1. The van der Waals surface area contributed by atoms with Gasteiger partial charge >= 0.3 is 17.6 Å². The Bertz CT molecular complexity index is 4000. The van der Waals surface area contributed by atoms with Crippen molar-refractivity contribution in [1.29, 1.82) is 0 Å². The molecule has 0 aliphatic heterocycles. The zero-order valence-corrected chi connectivity index (χ0v) is 46.1. The number of anilines is 2. The summed E-state index contributed by atoms with van der Waals surface area (Å²) >= 11 is 3.11. The summed E-state index contributed by atoms with van der Waals surface area (Å²) in [5, 5.41) is 40.1. The minimum Gasteiger partial charge on any atom is -0.508 e. The van der Waals surface area contributed by atoms with Gasteiger partial charge in [-0.3, -0.25) is 14.4 Å². The van der Waals surface area contributed by atoms with Gasteiger partial charge in [0.05, 0.1) is 28.0 Å². The molecule has 1 amide bonds. The van der Waals surface area contributed by atoms with Crippen molar-refractivity contribution >= 4 is 51.1 Å². The van der Waals surface area contributed by atoms with E-state index in [0.29, 0.717) is 51.7 Å². The molecular formula is C58H45BrF4N10O13. The molecule has 0 atom stereocenters. The average Bonchev–Trinajstić information content (AvgIpc) is 3.54. The molecular weight excluding hydrogens is 1200 g/mol. The molecule has 10 aromatic rings. The van der Waals surface area contributed by atoms with Gasteiger partial charge in [-0.1, -0.05) is 24.3 Å². The number of aryl methyl sites for hydroxylation is 2. The van der Waals surface area contributed by atoms with Crippen molar-refractivity contribution in [1.82, 2.24) is 29.1 Å². The second kappa shape index (κ2) is 32.7. The third-order valence-corrected chi connectivity index (χ3v) is 10.6. The lowest BCUT2D eigenvalue weighted by Gasteiger charge is -2.08. The smallest absolute Gasteiger partial charge is 0.363 e. The molecule has 0 saturated heterocycles. The van der Waals surface area contributed by atoms with E-state index in [1.165, 1.54) is 156 Å². The van der Waals surface area contributed by atoms with Crippen molar-refractivity contribution in [2.75, 3.05) is 11.1 Å². The number of pyridine rings is 6. The van der Waals surface area contributed by atoms with Crippen LogP contribution in [0.1, 0.15) is 20.7 Å². The van der Waals surface area contributed by atoms with Gasteiger partial charge in [0.15, 0.2) is 18.1 Å². The molecule has 28 heteroatoms. The number of carboxylic acids is 1. The number of phenolic OH excluding ortho intramolecular Hbond substituents is 1. The summed E-state index contributed by atoms with van der Waals surface area (Å²) in [6.07, 6.45) is 8.23. The van der Waals surface area contributed by atoms with Crippen LogP contribution in [0.15, 0.2) is 221 Å². The first-order valence-corrected chi connectivity index (χ1v) is 25.0. The summed E-state index contributed by atoms with van der Waals surface area (Å²) in [6, 6.07) is 39.7. The van der Waals surface area contributed by atoms with Crippen LogP contribution in [0, 0.1) is 43.5 Å². The van der Waals surface area contributed by atoms with Gasteiger partial charge in [-0.25, -0.2) is 32.3 Å². The first-order chi connectivity index (χ1) is 41.0. The molecule has 0 bridgehead atoms. The highest BCUT2D eigenvalue weighted by molar-refractivity contribution is 9.10. The van der Waals surface area contributed by atoms with Crippen molar-refractivity contribution < 1.29 is 61.4 Å². The summed E-state index contributed by atoms with van der Waals surface area (Å²) in [7, 11) is 3.07. The average molecular weight is 1250 g/mol. The molecule has 0 radical (unpaired) electrons. The molecule has 6 heterocycles. The number of nitrogens with zero attached hydrogens (tertiary/aromatic N) is 8. The normalized spacial score (nSPS) is 9.85. The van der Waals surface area contributed by atoms with Crippen LogP contribution in [0.5, 0.6) is 40.2 Å². The van der Waals surface area contributed by atoms with Crippen LogP contribution >= 0.6 is 15.9 Å². The Labute approximate surface area is 491 Å². The number of aromatic carboxylic acids is 1. The molecule has 0 aliphatic rings. The maximum Gasteiger partial charge on any atom is 0.363 e. The van der Waals surface area contributed by atoms with Gasteiger partial charge in [-0.15, -0.1) is 0 Å². The van der Waals surface area contributed by atoms with E-state index in [1.54, 1.807) is 67.7 Å². The number of aromatic nitrogens is 6. The van der Waals surface area contributed by atoms with Gasteiger partial charge in [0.25, 0.3) is 5.91 Å². The summed E-state index contributed by atoms with van der Waals surface area (Å²) < 4.78 is 70.2. The molecule has 10 rings (SSSR count). The molecule has 0 spiro atoms. The molecule has 440 valence electrons. The number of carbonyl (C=O) groups is 2. The molecule has 0 unspecified atom stereocenters. The predicted octanol–water partition coefficient (Wildman–Crippen LogP) is 11.8. The SMILES string of the molecule is Cn1cc(C(=O)Nc2ccc(Oc3cccc(F)c3)cn2)ccc1=O.Cn1cc(C(=O)O)ccc1=O.Nc1ccc(Oc2cccc(F)c2)cn1.O=[N+]([O-])c1ccc(Br)cn1.O=[N+]([O-])c1ccc(Oc2cccc(F)c2)cn1.Oc1cccc(F)c1. The Hall–Kier alpha value is -11.7. The van der Waals surface area contributed by atoms with Crippen LogP contribution in [-0.4, -0.2) is 61.0 Å². The number of halogens is 5. The number of ether oxygens (including phenoxy) is 3. The number of hydrogen-bond acceptors (Lipinski definition) is 17. The molecule has 0 saturated carbocycles. The molecule has 0 fully saturated rings. The van der Waals surface area contributed by atoms with E-state index in [2.05, 4.69) is 41.2 Å². The zero-order chi connectivity index (χ0) is 62.7. The van der Waals surface area contributed by atoms with E-state index < -0.39 is 33.3 Å². The zero-order valence-electron chi connectivity index (χ0n) is 44.6. The molecule has 5 N–H and O–H groups in total. The number of nitrogen functional groups attached to an aromatic ring is 1. The first-order valence-electron chi connectivity index (χ1n) is 24.2. The van der Waals surface area contributed by atoms with Crippen molar-refractivity contribution in [3.8, 4) is 40.2 Å². The molecule has 23 nitrogen and oxygen atoms in total. The molecule has 4 aromatic carbocycles. The number of carboxylic acid groups (broad SMARTS) is 1. The maximum absolute atomic E-state index is 13.1. The lowest BCUT2D eigenvalue weighted by Crippen LogP contribution is -2.19. The number of nitro groups is 2. The van der Waals surface area contributed by atoms with Crippen LogP contribution in [-0.2, 0) is 14.1 Å². The van der Waals surface area contributed by atoms with E-state index in [0.717, 1.165) is 10.5 Å². The lowest BCUT2D eigenvalue weighted by atomic mass is 10.2. The number of aromatic hydroxyl groups is 1. The number of hydrogen-bond donors (Lipinski definition) is 4. The van der Waals surface area contributed by atoms with Gasteiger partial charge in [-0.05, 0) is 133 Å². The van der Waals surface area contributed by atoms with Crippen molar-refractivity contribution in [3.05, 3.63) is 287 Å². The van der Waals surface area contributed by atoms with Crippen LogP contribution in [0.25, 0.3) is 0 Å². The fraction of sp³-hybridized carbons (Fsp3) is 0.0345. The summed E-state index contributed by atoms with van der Waals surface area (Å²) in [5.74, 6) is -0.350. The first kappa shape index (κ1) is 65.1. The molecule has 0 aliphatic carbocycles. The van der Waals surface area contributed by atoms with E-state index in [4.69, 9.17) is 30.2 Å². The van der Waals surface area contributed by atoms with Crippen LogP contribution < -0.4 is 36.4 Å². The lowest BCUT2D eigenvalue weighted by molar-refractivity contribution is -0.389. The second-order valence-corrected chi connectivity index (χ2v) is 17.6. The van der Waals surface area contributed by atoms with Crippen LogP contribution in [0.3, 0.4) is 0 Å². The fourth-order valence-electron chi connectivity index (χ4n) is 6.10. The predicted molar refractivity (Wildman–Crippen MR) is 308 cm³/mol. The van der Waals surface area contributed by atoms with Gasteiger partial charge in [0, 0.05) is 75.0 Å². The van der Waals surface area contributed by atoms with E-state index in [-0.39, 0.29) is 45.8 Å². The largest absolute Gasteiger partial charge is 0.508 e. The maximum atomic E-state index is 13.1. The van der Waals surface area contributed by atoms with Gasteiger partial charge in [0.1, 0.15) is 69.4 Å². The minimum atomic E-state index is -1.03. The number of rotatable bonds is 11. The monoisotopic (exact) mass is 1240 g/mol. The third-order valence-electron chi connectivity index (χ3n) is 10.1. The standard InChI is InChI=1S/C18H14FN3O3.C11H7FN2O3.C11H9FN2O.C7H7NO3.C6H5FO.C5H3BrN2O2/c1-22-11-12(5-8-17(22)23)18(24)21-16-7-6-15(10-20-16)25-14-4-2-3-13(19)9-14;12-8-2-1-3-9(6-8)17-10-4-5-11(13-7-10)14(15)16;12-8-2-1-3-9(6-8)15-10-4-5-11(13)14-7-10;1-8-4-5(7(10)11)2-3-6(8)9;7-5-2-1-3-6(8)4-5;6-4-1-2-5(7-3-4)8(9)10/h2-11H,1H3,(H,20,21,24);1-7H;1-7H,(H2,13,14);2-4H,1H3,(H,10,11);1-4,8H;1-3H. The van der Waals surface area contributed by atoms with Crippen molar-refractivity contribution in [3.63, 3.8) is 0 Å². The number of carbonyl (C=O) groups excluding carboxylic acids is 1. The topological polar surface area (TPSA) is 322 Å². The highest BCUT2D eigenvalue weighted by atomic mass is 79.9. The van der Waals surface area contributed by atoms with Crippen molar-refractivity contribution in [2.24, 2.45) is 14.1 Å². The van der Waals surface area contributed by atoms with Crippen molar-refractivity contribution in [2.45, 2.75) is 0 Å². The Morgan fingerprint density at radius 1 is 0.535 bits per heavy atom. The molecule has 6 aromatic heterocycles. The number of phenols is 1. The quantitative estimate of drug-likeness (QED) is 0.0531. The Balaban J connectivity index is 0.000000196. The van der Waals surface area contributed by atoms with Crippen LogP contribution in [0.2, 0.25) is 0 Å². The minimum absolute atomic E-state index is 0.0370. The van der Waals surface area contributed by atoms with Gasteiger partial charge in [0.2, 0.25) is 11.1 Å². The third kappa shape index (κ3) is 23.1. The Morgan fingerprint density at radius 2 is 0.953 bits per heavy atom. The molecule has 86 heavy (non-hydrogen) atoms. The fourth-order valence-corrected chi connectivity index (χ4v) is 6.33. The summed E-state index contributed by atoms with van der Waals surface area (Å²) in [4.78, 5) is 78.9. The number of nitrogens with one attached hydrogen (secondary N) is 1. The van der Waals surface area contributed by atoms with E-state index in [1.807, 2.05) is 0 Å². The van der Waals surface area contributed by atoms with Gasteiger partial charge in [-0.2, -0.15) is 0 Å². The Morgan fingerprint density at radius 3 is 1.31 bits per heavy atom. The van der Waals surface area contributed by atoms with Gasteiger partial charge < -0.3 is 64.8 Å². The van der Waals surface area contributed by atoms with Crippen LogP contribution in [0.4, 0.5) is 40.8 Å². The second-order valence-electron chi connectivity index (χ2n) is 16.7. The summed E-state index contributed by atoms with van der Waals surface area (Å²) in [6.45, 7) is 0. The van der Waals surface area contributed by atoms with E-state index in [9.17, 15) is 57.0 Å². The van der Waals surface area contributed by atoms with E-state index >= 15 is 0 Å².